The zero-order valence-electron chi connectivity index (χ0n) is 13.3. The van der Waals surface area contributed by atoms with Gasteiger partial charge in [0.15, 0.2) is 12.4 Å². The van der Waals surface area contributed by atoms with E-state index in [4.69, 9.17) is 9.84 Å². The first-order valence-corrected chi connectivity index (χ1v) is 8.37. The number of hydrogen-bond donors (Lipinski definition) is 3. The Labute approximate surface area is 153 Å². The van der Waals surface area contributed by atoms with E-state index in [1.54, 1.807) is 48.5 Å². The highest BCUT2D eigenvalue weighted by Gasteiger charge is 2.12. The Balaban J connectivity index is 1.86. The molecule has 3 N–H and O–H groups in total. The Morgan fingerprint density at radius 1 is 1.04 bits per heavy atom. The van der Waals surface area contributed by atoms with Gasteiger partial charge in [0.1, 0.15) is 0 Å². The highest BCUT2D eigenvalue weighted by Crippen LogP contribution is 2.13. The molecule has 0 saturated carbocycles. The number of aliphatic hydroxyl groups excluding tert-OH is 2. The molecule has 0 aliphatic carbocycles. The third-order valence-corrected chi connectivity index (χ3v) is 3.90. The number of hydrogen-bond acceptors (Lipinski definition) is 6. The summed E-state index contributed by atoms with van der Waals surface area (Å²) in [4.78, 5) is 24.0. The van der Waals surface area contributed by atoms with Crippen molar-refractivity contribution in [2.24, 2.45) is 0 Å². The summed E-state index contributed by atoms with van der Waals surface area (Å²) in [6.45, 7) is -0.463. The van der Waals surface area contributed by atoms with Crippen LogP contribution in [0.15, 0.2) is 53.0 Å². The van der Waals surface area contributed by atoms with Crippen LogP contribution in [-0.4, -0.2) is 47.8 Å². The molecule has 2 rings (SSSR count). The highest BCUT2D eigenvalue weighted by molar-refractivity contribution is 9.10. The van der Waals surface area contributed by atoms with Crippen LogP contribution >= 0.6 is 15.9 Å². The van der Waals surface area contributed by atoms with Gasteiger partial charge >= 0.3 is 5.97 Å². The van der Waals surface area contributed by atoms with Crippen LogP contribution in [-0.2, 0) is 4.74 Å². The molecule has 6 nitrogen and oxygen atoms in total. The van der Waals surface area contributed by atoms with Crippen LogP contribution in [0.5, 0.6) is 0 Å². The minimum absolute atomic E-state index is 0.196. The van der Waals surface area contributed by atoms with Crippen molar-refractivity contribution in [1.82, 2.24) is 0 Å². The molecule has 2 aromatic rings. The van der Waals surface area contributed by atoms with Crippen molar-refractivity contribution in [2.45, 2.75) is 6.10 Å². The fraction of sp³-hybridized carbons (Fsp3) is 0.222. The van der Waals surface area contributed by atoms with Crippen LogP contribution in [0, 0.1) is 0 Å². The van der Waals surface area contributed by atoms with Crippen molar-refractivity contribution >= 4 is 33.4 Å². The molecule has 0 saturated heterocycles. The number of ether oxygens (including phenoxy) is 1. The van der Waals surface area contributed by atoms with Crippen LogP contribution in [0.25, 0.3) is 0 Å². The molecule has 0 radical (unpaired) electrons. The molecule has 0 fully saturated rings. The number of ketones is 1. The Morgan fingerprint density at radius 3 is 2.24 bits per heavy atom. The third-order valence-electron chi connectivity index (χ3n) is 3.37. The second-order valence-corrected chi connectivity index (χ2v) is 6.22. The lowest BCUT2D eigenvalue weighted by Gasteiger charge is -2.10. The number of anilines is 1. The van der Waals surface area contributed by atoms with E-state index in [9.17, 15) is 14.7 Å². The summed E-state index contributed by atoms with van der Waals surface area (Å²) in [5.74, 6) is -0.871. The number of rotatable bonds is 8. The van der Waals surface area contributed by atoms with E-state index < -0.39 is 12.1 Å². The quantitative estimate of drug-likeness (QED) is 0.458. The van der Waals surface area contributed by atoms with Crippen LogP contribution in [0.4, 0.5) is 5.69 Å². The maximum absolute atomic E-state index is 12.0. The predicted octanol–water partition coefficient (Wildman–Crippen LogP) is 2.25. The van der Waals surface area contributed by atoms with Gasteiger partial charge in [-0.05, 0) is 36.4 Å². The molecule has 1 unspecified atom stereocenters. The number of aliphatic hydroxyl groups is 2. The number of halogens is 1. The average Bonchev–Trinajstić information content (AvgIpc) is 2.64. The Hall–Kier alpha value is -2.22. The molecular formula is C18H18BrNO5. The number of benzene rings is 2. The smallest absolute Gasteiger partial charge is 0.338 e. The Kier molecular flexibility index (Phi) is 7.12. The van der Waals surface area contributed by atoms with E-state index in [1.165, 1.54) is 0 Å². The zero-order chi connectivity index (χ0) is 18.2. The number of esters is 1. The van der Waals surface area contributed by atoms with Crippen molar-refractivity contribution in [3.05, 3.63) is 64.1 Å². The first-order valence-electron chi connectivity index (χ1n) is 7.58. The van der Waals surface area contributed by atoms with Crippen molar-refractivity contribution in [3.63, 3.8) is 0 Å². The summed E-state index contributed by atoms with van der Waals surface area (Å²) in [7, 11) is 0. The fourth-order valence-electron chi connectivity index (χ4n) is 1.96. The van der Waals surface area contributed by atoms with Crippen molar-refractivity contribution in [3.8, 4) is 0 Å². The number of carbonyl (C=O) groups is 2. The first-order chi connectivity index (χ1) is 12.0. The van der Waals surface area contributed by atoms with Crippen LogP contribution < -0.4 is 5.32 Å². The van der Waals surface area contributed by atoms with E-state index in [0.29, 0.717) is 16.8 Å². The number of Topliss-reactive ketones (excluding diaryl/α,β-unsaturated/α-hetero) is 1. The Morgan fingerprint density at radius 2 is 1.64 bits per heavy atom. The van der Waals surface area contributed by atoms with Crippen molar-refractivity contribution < 1.29 is 24.5 Å². The standard InChI is InChI=1S/C18H18BrNO5/c19-14-5-1-12(2-6-14)17(23)11-25-18(24)13-3-7-15(8-4-13)20-9-16(22)10-21/h1-8,16,20-22H,9-11H2. The summed E-state index contributed by atoms with van der Waals surface area (Å²) in [5, 5.41) is 20.9. The van der Waals surface area contributed by atoms with E-state index >= 15 is 0 Å². The monoisotopic (exact) mass is 407 g/mol. The molecule has 0 aromatic heterocycles. The molecule has 132 valence electrons. The van der Waals surface area contributed by atoms with Gasteiger partial charge in [-0.2, -0.15) is 0 Å². The van der Waals surface area contributed by atoms with Gasteiger partial charge in [-0.15, -0.1) is 0 Å². The van der Waals surface area contributed by atoms with Gasteiger partial charge in [0.25, 0.3) is 0 Å². The second-order valence-electron chi connectivity index (χ2n) is 5.30. The molecule has 0 bridgehead atoms. The van der Waals surface area contributed by atoms with E-state index in [2.05, 4.69) is 21.2 Å². The maximum Gasteiger partial charge on any atom is 0.338 e. The molecule has 2 aromatic carbocycles. The highest BCUT2D eigenvalue weighted by atomic mass is 79.9. The minimum Gasteiger partial charge on any atom is -0.454 e. The number of carbonyl (C=O) groups excluding carboxylic acids is 2. The van der Waals surface area contributed by atoms with Crippen LogP contribution in [0.3, 0.4) is 0 Å². The third kappa shape index (κ3) is 5.97. The van der Waals surface area contributed by atoms with Crippen LogP contribution in [0.1, 0.15) is 20.7 Å². The normalized spacial score (nSPS) is 11.6. The van der Waals surface area contributed by atoms with Crippen molar-refractivity contribution in [1.29, 1.82) is 0 Å². The topological polar surface area (TPSA) is 95.9 Å². The lowest BCUT2D eigenvalue weighted by molar-refractivity contribution is 0.0475. The zero-order valence-corrected chi connectivity index (χ0v) is 14.9. The lowest BCUT2D eigenvalue weighted by Crippen LogP contribution is -2.22. The molecule has 0 aliphatic heterocycles. The summed E-state index contributed by atoms with van der Waals surface area (Å²) < 4.78 is 5.90. The summed E-state index contributed by atoms with van der Waals surface area (Å²) in [6.07, 6.45) is -0.853. The largest absolute Gasteiger partial charge is 0.454 e. The van der Waals surface area contributed by atoms with Gasteiger partial charge in [0, 0.05) is 22.3 Å². The lowest BCUT2D eigenvalue weighted by atomic mass is 10.1. The van der Waals surface area contributed by atoms with Gasteiger partial charge in [-0.25, -0.2) is 4.79 Å². The SMILES string of the molecule is O=C(COC(=O)c1ccc(NCC(O)CO)cc1)c1ccc(Br)cc1. The van der Waals surface area contributed by atoms with Gasteiger partial charge in [0.05, 0.1) is 18.3 Å². The minimum atomic E-state index is -0.853. The van der Waals surface area contributed by atoms with Gasteiger partial charge < -0.3 is 20.3 Å². The molecule has 25 heavy (non-hydrogen) atoms. The van der Waals surface area contributed by atoms with Crippen LogP contribution in [0.2, 0.25) is 0 Å². The maximum atomic E-state index is 12.0. The summed E-state index contributed by atoms with van der Waals surface area (Å²) >= 11 is 3.29. The number of nitrogens with one attached hydrogen (secondary N) is 1. The van der Waals surface area contributed by atoms with Gasteiger partial charge in [0.2, 0.25) is 0 Å². The molecule has 0 amide bonds. The van der Waals surface area contributed by atoms with Crippen molar-refractivity contribution in [2.75, 3.05) is 25.1 Å². The molecule has 7 heteroatoms. The van der Waals surface area contributed by atoms with Gasteiger partial charge in [-0.1, -0.05) is 28.1 Å². The van der Waals surface area contributed by atoms with E-state index in [0.717, 1.165) is 4.47 Å². The summed E-state index contributed by atoms with van der Waals surface area (Å²) in [5.41, 5.74) is 1.48. The predicted molar refractivity (Wildman–Crippen MR) is 96.8 cm³/mol. The average molecular weight is 408 g/mol. The molecule has 0 heterocycles. The first kappa shape index (κ1) is 19.1. The molecule has 0 spiro atoms. The Bertz CT molecular complexity index is 715. The molecule has 1 atom stereocenters. The van der Waals surface area contributed by atoms with E-state index in [-0.39, 0.29) is 25.5 Å². The molecular weight excluding hydrogens is 390 g/mol. The second kappa shape index (κ2) is 9.31. The van der Waals surface area contributed by atoms with E-state index in [1.807, 2.05) is 0 Å². The summed E-state index contributed by atoms with van der Waals surface area (Å²) in [6, 6.07) is 13.2. The fourth-order valence-corrected chi connectivity index (χ4v) is 2.22. The van der Waals surface area contributed by atoms with Gasteiger partial charge in [-0.3, -0.25) is 4.79 Å². The molecule has 0 aliphatic rings.